The Morgan fingerprint density at radius 2 is 2.11 bits per heavy atom. The Labute approximate surface area is 106 Å². The molecule has 0 spiro atoms. The van der Waals surface area contributed by atoms with Gasteiger partial charge in [-0.3, -0.25) is 0 Å². The van der Waals surface area contributed by atoms with Gasteiger partial charge in [-0.15, -0.1) is 0 Å². The number of carbonyl (C=O) groups is 2. The van der Waals surface area contributed by atoms with Gasteiger partial charge >= 0.3 is 12.0 Å². The number of urea groups is 1. The lowest BCUT2D eigenvalue weighted by Gasteiger charge is -2.24. The van der Waals surface area contributed by atoms with Gasteiger partial charge in [-0.2, -0.15) is 0 Å². The van der Waals surface area contributed by atoms with Crippen LogP contribution < -0.4 is 5.32 Å². The molecule has 0 bridgehead atoms. The summed E-state index contributed by atoms with van der Waals surface area (Å²) in [6.07, 6.45) is 2.76. The van der Waals surface area contributed by atoms with Crippen LogP contribution in [0.4, 0.5) is 4.79 Å². The van der Waals surface area contributed by atoms with Crippen molar-refractivity contribution in [2.75, 3.05) is 6.54 Å². The fraction of sp³-hybridized carbons (Fsp3) is 0.833. The summed E-state index contributed by atoms with van der Waals surface area (Å²) in [6, 6.07) is -1.24. The molecule has 3 atom stereocenters. The number of carbonyl (C=O) groups excluding carboxylic acids is 1. The summed E-state index contributed by atoms with van der Waals surface area (Å²) < 4.78 is 0. The number of aliphatic hydroxyl groups excluding tert-OH is 1. The molecular formula is C12H20N2O4. The van der Waals surface area contributed by atoms with Crippen molar-refractivity contribution in [3.05, 3.63) is 0 Å². The van der Waals surface area contributed by atoms with Crippen molar-refractivity contribution in [2.24, 2.45) is 5.92 Å². The maximum absolute atomic E-state index is 12.0. The second-order valence-corrected chi connectivity index (χ2v) is 5.43. The lowest BCUT2D eigenvalue weighted by atomic mass is 10.1. The molecular weight excluding hydrogens is 236 g/mol. The van der Waals surface area contributed by atoms with Crippen LogP contribution >= 0.6 is 0 Å². The highest BCUT2D eigenvalue weighted by molar-refractivity contribution is 5.83. The van der Waals surface area contributed by atoms with Crippen LogP contribution in [-0.2, 0) is 4.79 Å². The van der Waals surface area contributed by atoms with Crippen molar-refractivity contribution in [1.29, 1.82) is 0 Å². The van der Waals surface area contributed by atoms with E-state index in [1.165, 1.54) is 17.7 Å². The quantitative estimate of drug-likeness (QED) is 0.679. The molecule has 1 heterocycles. The second kappa shape index (κ2) is 5.14. The van der Waals surface area contributed by atoms with Crippen LogP contribution in [0.25, 0.3) is 0 Å². The molecule has 2 rings (SSSR count). The average Bonchev–Trinajstić information content (AvgIpc) is 2.97. The number of carboxylic acids is 1. The van der Waals surface area contributed by atoms with Crippen molar-refractivity contribution in [1.82, 2.24) is 10.2 Å². The largest absolute Gasteiger partial charge is 0.480 e. The lowest BCUT2D eigenvalue weighted by Crippen LogP contribution is -2.48. The summed E-state index contributed by atoms with van der Waals surface area (Å²) >= 11 is 0. The van der Waals surface area contributed by atoms with Crippen molar-refractivity contribution in [3.8, 4) is 0 Å². The van der Waals surface area contributed by atoms with E-state index in [0.717, 1.165) is 6.42 Å². The van der Waals surface area contributed by atoms with Gasteiger partial charge in [0.2, 0.25) is 0 Å². The molecule has 0 aromatic carbocycles. The summed E-state index contributed by atoms with van der Waals surface area (Å²) in [5, 5.41) is 21.3. The molecule has 0 aromatic rings. The van der Waals surface area contributed by atoms with Gasteiger partial charge in [-0.1, -0.05) is 12.8 Å². The normalized spacial score (nSPS) is 29.1. The number of likely N-dealkylation sites (tertiary alicyclic amines) is 1. The van der Waals surface area contributed by atoms with Crippen molar-refractivity contribution >= 4 is 12.0 Å². The first kappa shape index (κ1) is 13.1. The number of rotatable bonds is 4. The third-order valence-corrected chi connectivity index (χ3v) is 3.58. The minimum Gasteiger partial charge on any atom is -0.480 e. The van der Waals surface area contributed by atoms with Crippen molar-refractivity contribution < 1.29 is 19.8 Å². The number of amides is 2. The molecule has 0 aromatic heterocycles. The zero-order chi connectivity index (χ0) is 13.3. The van der Waals surface area contributed by atoms with Gasteiger partial charge < -0.3 is 20.4 Å². The number of aliphatic hydroxyl groups is 1. The first-order valence-corrected chi connectivity index (χ1v) is 6.45. The highest BCUT2D eigenvalue weighted by Gasteiger charge is 2.39. The first-order chi connectivity index (χ1) is 8.47. The van der Waals surface area contributed by atoms with Gasteiger partial charge in [-0.25, -0.2) is 9.59 Å². The molecule has 1 saturated heterocycles. The van der Waals surface area contributed by atoms with E-state index in [2.05, 4.69) is 5.32 Å². The molecule has 1 aliphatic heterocycles. The number of nitrogens with zero attached hydrogens (tertiary/aromatic N) is 1. The molecule has 2 aliphatic rings. The molecule has 6 nitrogen and oxygen atoms in total. The molecule has 1 unspecified atom stereocenters. The molecule has 0 radical (unpaired) electrons. The van der Waals surface area contributed by atoms with E-state index < -0.39 is 18.1 Å². The molecule has 1 aliphatic carbocycles. The lowest BCUT2D eigenvalue weighted by molar-refractivity contribution is -0.141. The monoisotopic (exact) mass is 256 g/mol. The number of β-amino-alcohol motifs (C(OH)–C–C–N with tert-alkyl or cyclic N) is 1. The zero-order valence-electron chi connectivity index (χ0n) is 10.5. The van der Waals surface area contributed by atoms with Gasteiger partial charge in [0.25, 0.3) is 0 Å². The van der Waals surface area contributed by atoms with Gasteiger partial charge in [-0.05, 0) is 19.3 Å². The number of aliphatic carboxylic acids is 1. The summed E-state index contributed by atoms with van der Waals surface area (Å²) in [5.74, 6) is -0.351. The van der Waals surface area contributed by atoms with Crippen LogP contribution in [0, 0.1) is 5.92 Å². The van der Waals surface area contributed by atoms with E-state index in [-0.39, 0.29) is 25.0 Å². The minimum atomic E-state index is -1.06. The molecule has 102 valence electrons. The van der Waals surface area contributed by atoms with E-state index in [0.29, 0.717) is 5.92 Å². The van der Waals surface area contributed by atoms with Crippen molar-refractivity contribution in [2.45, 2.75) is 50.8 Å². The summed E-state index contributed by atoms with van der Waals surface area (Å²) in [4.78, 5) is 24.2. The number of hydrogen-bond acceptors (Lipinski definition) is 3. The highest BCUT2D eigenvalue weighted by atomic mass is 16.4. The highest BCUT2D eigenvalue weighted by Crippen LogP contribution is 2.33. The Morgan fingerprint density at radius 1 is 1.44 bits per heavy atom. The first-order valence-electron chi connectivity index (χ1n) is 6.45. The van der Waals surface area contributed by atoms with Crippen LogP contribution in [0.1, 0.15) is 32.6 Å². The maximum atomic E-state index is 12.0. The van der Waals surface area contributed by atoms with Crippen LogP contribution in [0.5, 0.6) is 0 Å². The molecule has 2 amide bonds. The SMILES string of the molecule is CC(CC1CC1)NC(=O)N1C[C@@H](O)C[C@H]1C(=O)O. The Morgan fingerprint density at radius 3 is 2.67 bits per heavy atom. The molecule has 18 heavy (non-hydrogen) atoms. The molecule has 2 fully saturated rings. The Bertz CT molecular complexity index is 343. The molecule has 6 heteroatoms. The molecule has 3 N–H and O–H groups in total. The van der Waals surface area contributed by atoms with E-state index in [1.807, 2.05) is 6.92 Å². The third kappa shape index (κ3) is 3.13. The number of nitrogens with one attached hydrogen (secondary N) is 1. The second-order valence-electron chi connectivity index (χ2n) is 5.43. The summed E-state index contributed by atoms with van der Waals surface area (Å²) in [5.41, 5.74) is 0. The fourth-order valence-corrected chi connectivity index (χ4v) is 2.48. The van der Waals surface area contributed by atoms with E-state index >= 15 is 0 Å². The van der Waals surface area contributed by atoms with Gasteiger partial charge in [0.1, 0.15) is 6.04 Å². The van der Waals surface area contributed by atoms with E-state index in [9.17, 15) is 14.7 Å². The van der Waals surface area contributed by atoms with Crippen molar-refractivity contribution in [3.63, 3.8) is 0 Å². The minimum absolute atomic E-state index is 0.0530. The number of carboxylic acid groups (broad SMARTS) is 1. The fourth-order valence-electron chi connectivity index (χ4n) is 2.48. The third-order valence-electron chi connectivity index (χ3n) is 3.58. The van der Waals surface area contributed by atoms with Gasteiger partial charge in [0, 0.05) is 19.0 Å². The Balaban J connectivity index is 1.88. The maximum Gasteiger partial charge on any atom is 0.326 e. The van der Waals surface area contributed by atoms with Gasteiger partial charge in [0.15, 0.2) is 0 Å². The smallest absolute Gasteiger partial charge is 0.326 e. The van der Waals surface area contributed by atoms with Gasteiger partial charge in [0.05, 0.1) is 6.10 Å². The average molecular weight is 256 g/mol. The zero-order valence-corrected chi connectivity index (χ0v) is 10.5. The predicted octanol–water partition coefficient (Wildman–Crippen LogP) is 0.404. The molecule has 1 saturated carbocycles. The van der Waals surface area contributed by atoms with E-state index in [1.54, 1.807) is 0 Å². The standard InChI is InChI=1S/C12H20N2O4/c1-7(4-8-2-3-8)13-12(18)14-6-9(15)5-10(14)11(16)17/h7-10,15H,2-6H2,1H3,(H,13,18)(H,16,17)/t7?,9-,10-/m0/s1. The van der Waals surface area contributed by atoms with Crippen LogP contribution in [-0.4, -0.2) is 51.8 Å². The predicted molar refractivity (Wildman–Crippen MR) is 64.1 cm³/mol. The summed E-state index contributed by atoms with van der Waals surface area (Å²) in [7, 11) is 0. The number of hydrogen-bond donors (Lipinski definition) is 3. The van der Waals surface area contributed by atoms with Crippen LogP contribution in [0.3, 0.4) is 0 Å². The Kier molecular flexibility index (Phi) is 3.75. The summed E-state index contributed by atoms with van der Waals surface area (Å²) in [6.45, 7) is 2.03. The van der Waals surface area contributed by atoms with Crippen LogP contribution in [0.2, 0.25) is 0 Å². The Hall–Kier alpha value is -1.30. The van der Waals surface area contributed by atoms with E-state index in [4.69, 9.17) is 5.11 Å². The topological polar surface area (TPSA) is 89.9 Å². The van der Waals surface area contributed by atoms with Crippen LogP contribution in [0.15, 0.2) is 0 Å².